The summed E-state index contributed by atoms with van der Waals surface area (Å²) >= 11 is 0. The van der Waals surface area contributed by atoms with Crippen molar-refractivity contribution in [1.29, 1.82) is 0 Å². The number of aryl methyl sites for hydroxylation is 1. The number of anilines is 2. The van der Waals surface area contributed by atoms with Gasteiger partial charge in [0.25, 0.3) is 0 Å². The standard InChI is InChI=1S/C11H15N5O4.C10H12FN5O3/c1-4-14-9(12)6-10(15-4)16(3-13-6)11-8(19)7(18)5(2-17)20-11;11-1-4-6(17)7(18)10(19-4)16-3-15-5-8(12)13-2-14-9(5)16/h3,5,7-8,11,17-19H,2H2,1H3,(H2,12,14,15);2-4,6-7,10,17-18H,1H2,(H2,12,13,14)/t5-,7?,8+,11-;4-,6?,7+,10-/m11/s1/i;11-1. The summed E-state index contributed by atoms with van der Waals surface area (Å²) in [7, 11) is 0. The van der Waals surface area contributed by atoms with Gasteiger partial charge in [-0.1, -0.05) is 0 Å². The van der Waals surface area contributed by atoms with Crippen molar-refractivity contribution in [3.8, 4) is 0 Å². The quantitative estimate of drug-likeness (QED) is 0.137. The zero-order chi connectivity index (χ0) is 28.0. The number of alkyl halides is 1. The third-order valence-electron chi connectivity index (χ3n) is 6.50. The van der Waals surface area contributed by atoms with E-state index < -0.39 is 62.4 Å². The summed E-state index contributed by atoms with van der Waals surface area (Å²) in [6.45, 7) is 0.403. The summed E-state index contributed by atoms with van der Waals surface area (Å²) in [5, 5.41) is 48.4. The molecule has 2 fully saturated rings. The highest BCUT2D eigenvalue weighted by Crippen LogP contribution is 2.33. The van der Waals surface area contributed by atoms with Gasteiger partial charge in [0.15, 0.2) is 35.4 Å². The number of aliphatic hydroxyl groups is 5. The van der Waals surface area contributed by atoms with Crippen LogP contribution in [0.1, 0.15) is 18.3 Å². The molecule has 18 heteroatoms. The molecule has 6 rings (SSSR count). The lowest BCUT2D eigenvalue weighted by atomic mass is 10.1. The van der Waals surface area contributed by atoms with Crippen LogP contribution in [0.2, 0.25) is 0 Å². The number of aliphatic hydroxyl groups excluding tert-OH is 5. The van der Waals surface area contributed by atoms with Gasteiger partial charge in [0.2, 0.25) is 0 Å². The molecule has 8 atom stereocenters. The van der Waals surface area contributed by atoms with Crippen LogP contribution in [-0.4, -0.2) is 114 Å². The van der Waals surface area contributed by atoms with E-state index in [1.165, 1.54) is 28.1 Å². The van der Waals surface area contributed by atoms with Crippen LogP contribution in [0.15, 0.2) is 19.0 Å². The van der Waals surface area contributed by atoms with Gasteiger partial charge >= 0.3 is 0 Å². The first kappa shape index (κ1) is 26.9. The van der Waals surface area contributed by atoms with Gasteiger partial charge in [-0.05, 0) is 6.92 Å². The Morgan fingerprint density at radius 3 is 1.92 bits per heavy atom. The molecule has 2 unspecified atom stereocenters. The van der Waals surface area contributed by atoms with Crippen molar-refractivity contribution >= 4 is 34.0 Å². The Balaban J connectivity index is 0.000000158. The molecule has 0 aliphatic carbocycles. The summed E-state index contributed by atoms with van der Waals surface area (Å²) in [6, 6.07) is 0. The first-order valence-corrected chi connectivity index (χ1v) is 11.8. The van der Waals surface area contributed by atoms with Gasteiger partial charge in [0.05, 0.1) is 19.3 Å². The molecule has 4 aromatic heterocycles. The molecule has 0 saturated carbocycles. The van der Waals surface area contributed by atoms with Crippen molar-refractivity contribution < 1.29 is 39.4 Å². The zero-order valence-electron chi connectivity index (χ0n) is 20.4. The van der Waals surface area contributed by atoms with E-state index in [4.69, 9.17) is 26.0 Å². The Kier molecular flexibility index (Phi) is 7.25. The minimum atomic E-state index is -1.30. The Hall–Kier alpha value is -3.65. The normalized spacial score (nSPS) is 30.6. The first-order chi connectivity index (χ1) is 18.7. The van der Waals surface area contributed by atoms with Crippen LogP contribution in [-0.2, 0) is 9.47 Å². The van der Waals surface area contributed by atoms with Crippen LogP contribution >= 0.6 is 0 Å². The number of halogens is 1. The molecular weight excluding hydrogens is 522 g/mol. The molecule has 9 N–H and O–H groups in total. The second-order valence-electron chi connectivity index (χ2n) is 8.99. The molecule has 0 radical (unpaired) electrons. The van der Waals surface area contributed by atoms with Crippen molar-refractivity contribution in [1.82, 2.24) is 39.0 Å². The van der Waals surface area contributed by atoms with E-state index >= 15 is 0 Å². The smallest absolute Gasteiger partial charge is 0.167 e. The second-order valence-corrected chi connectivity index (χ2v) is 8.99. The number of hydrogen-bond donors (Lipinski definition) is 7. The molecule has 0 spiro atoms. The first-order valence-electron chi connectivity index (χ1n) is 11.8. The van der Waals surface area contributed by atoms with Crippen LogP contribution in [0.3, 0.4) is 0 Å². The molecule has 0 bridgehead atoms. The molecule has 0 amide bonds. The number of ether oxygens (including phenoxy) is 2. The van der Waals surface area contributed by atoms with Gasteiger partial charge in [-0.2, -0.15) is 0 Å². The van der Waals surface area contributed by atoms with E-state index in [0.29, 0.717) is 28.2 Å². The van der Waals surface area contributed by atoms with Gasteiger partial charge < -0.3 is 46.5 Å². The van der Waals surface area contributed by atoms with E-state index in [1.807, 2.05) is 0 Å². The van der Waals surface area contributed by atoms with E-state index in [0.717, 1.165) is 0 Å². The minimum absolute atomic E-state index is 0.193. The highest BCUT2D eigenvalue weighted by molar-refractivity contribution is 5.82. The van der Waals surface area contributed by atoms with Gasteiger partial charge in [-0.3, -0.25) is 9.13 Å². The van der Waals surface area contributed by atoms with Crippen molar-refractivity contribution in [3.05, 3.63) is 24.8 Å². The van der Waals surface area contributed by atoms with E-state index in [-0.39, 0.29) is 11.6 Å². The molecule has 0 aromatic carbocycles. The molecule has 39 heavy (non-hydrogen) atoms. The lowest BCUT2D eigenvalue weighted by Crippen LogP contribution is -2.33. The number of nitrogen functional groups attached to an aromatic ring is 2. The van der Waals surface area contributed by atoms with Crippen molar-refractivity contribution in [2.45, 2.75) is 56.0 Å². The summed E-state index contributed by atoms with van der Waals surface area (Å²) in [5.41, 5.74) is 12.9. The van der Waals surface area contributed by atoms with E-state index in [2.05, 4.69) is 29.9 Å². The molecule has 2 aliphatic heterocycles. The lowest BCUT2D eigenvalue weighted by molar-refractivity contribution is -0.0511. The number of imidazole rings is 2. The molecule has 17 nitrogen and oxygen atoms in total. The van der Waals surface area contributed by atoms with Crippen molar-refractivity contribution in [2.24, 2.45) is 0 Å². The van der Waals surface area contributed by atoms with Gasteiger partial charge in [0.1, 0.15) is 66.5 Å². The van der Waals surface area contributed by atoms with Gasteiger partial charge in [0, 0.05) is 0 Å². The predicted octanol–water partition coefficient (Wildman–Crippen LogP) is -2.67. The van der Waals surface area contributed by atoms with E-state index in [1.54, 1.807) is 6.92 Å². The van der Waals surface area contributed by atoms with Gasteiger partial charge in [-0.25, -0.2) is 34.3 Å². The zero-order valence-corrected chi connectivity index (χ0v) is 20.4. The highest BCUT2D eigenvalue weighted by atomic mass is 18.2. The molecular formula is C21H27FN10O7. The predicted molar refractivity (Wildman–Crippen MR) is 129 cm³/mol. The molecule has 6 heterocycles. The van der Waals surface area contributed by atoms with Crippen LogP contribution in [0.25, 0.3) is 22.3 Å². The summed E-state index contributed by atoms with van der Waals surface area (Å²) in [5.74, 6) is 0.889. The molecule has 4 aromatic rings. The third-order valence-corrected chi connectivity index (χ3v) is 6.50. The second kappa shape index (κ2) is 10.5. The minimum Gasteiger partial charge on any atom is -0.394 e. The van der Waals surface area contributed by atoms with E-state index in [9.17, 15) is 24.8 Å². The topological polar surface area (TPSA) is 259 Å². The fourth-order valence-electron chi connectivity index (χ4n) is 4.49. The number of fused-ring (bicyclic) bond motifs is 2. The Morgan fingerprint density at radius 2 is 1.36 bits per heavy atom. The summed E-state index contributed by atoms with van der Waals surface area (Å²) < 4.78 is 26.2. The maximum Gasteiger partial charge on any atom is 0.167 e. The molecule has 210 valence electrons. The maximum absolute atomic E-state index is 12.6. The molecule has 2 aliphatic rings. The SMILES string of the molecule is Cc1nc(N)c2ncn([C@@H]3O[C@H](CO)C(O)[C@@H]3O)c2n1.Nc1ncnc2c1ncn2[C@@H]1O[C@H](C[18F])C(O)[C@@H]1O. The Labute approximate surface area is 218 Å². The lowest BCUT2D eigenvalue weighted by Gasteiger charge is -2.16. The number of nitrogens with two attached hydrogens (primary N) is 2. The Morgan fingerprint density at radius 1 is 0.795 bits per heavy atom. The number of aromatic nitrogens is 8. The summed E-state index contributed by atoms with van der Waals surface area (Å²) in [6.07, 6.45) is -4.70. The number of hydrogen-bond acceptors (Lipinski definition) is 15. The molecule has 2 saturated heterocycles. The fraction of sp³-hybridized carbons (Fsp3) is 0.524. The fourth-order valence-corrected chi connectivity index (χ4v) is 4.49. The van der Waals surface area contributed by atoms with Crippen molar-refractivity contribution in [2.75, 3.05) is 24.7 Å². The number of rotatable bonds is 4. The van der Waals surface area contributed by atoms with Gasteiger partial charge in [-0.15, -0.1) is 0 Å². The Bertz CT molecular complexity index is 1470. The third kappa shape index (κ3) is 4.61. The maximum atomic E-state index is 12.6. The number of nitrogens with zero attached hydrogens (tertiary/aromatic N) is 8. The average Bonchev–Trinajstić information content (AvgIpc) is 3.66. The van der Waals surface area contributed by atoms with Crippen LogP contribution in [0.4, 0.5) is 16.0 Å². The van der Waals surface area contributed by atoms with Crippen LogP contribution in [0, 0.1) is 6.92 Å². The summed E-state index contributed by atoms with van der Waals surface area (Å²) in [4.78, 5) is 24.1. The largest absolute Gasteiger partial charge is 0.394 e. The van der Waals surface area contributed by atoms with Crippen molar-refractivity contribution in [3.63, 3.8) is 0 Å². The van der Waals surface area contributed by atoms with Crippen LogP contribution < -0.4 is 11.5 Å². The monoisotopic (exact) mass is 549 g/mol. The average molecular weight is 550 g/mol. The highest BCUT2D eigenvalue weighted by Gasteiger charge is 2.45. The van der Waals surface area contributed by atoms with Crippen LogP contribution in [0.5, 0.6) is 0 Å².